The van der Waals surface area contributed by atoms with Crippen LogP contribution in [0.4, 0.5) is 4.79 Å². The van der Waals surface area contributed by atoms with Gasteiger partial charge < -0.3 is 19.5 Å². The van der Waals surface area contributed by atoms with Crippen molar-refractivity contribution in [1.29, 1.82) is 0 Å². The molecule has 1 aromatic rings. The molecule has 2 fully saturated rings. The van der Waals surface area contributed by atoms with Crippen molar-refractivity contribution < 1.29 is 29.0 Å². The van der Waals surface area contributed by atoms with Gasteiger partial charge in [-0.1, -0.05) is 0 Å². The number of halogens is 2. The van der Waals surface area contributed by atoms with Crippen molar-refractivity contribution >= 4 is 66.8 Å². The molecule has 2 aliphatic rings. The zero-order valence-electron chi connectivity index (χ0n) is 15.4. The molecule has 3 rings (SSSR count). The number of rotatable bonds is 5. The van der Waals surface area contributed by atoms with E-state index in [0.717, 1.165) is 16.7 Å². The van der Waals surface area contributed by atoms with E-state index in [1.54, 1.807) is 17.9 Å². The van der Waals surface area contributed by atoms with Gasteiger partial charge in [0.05, 0.1) is 29.2 Å². The van der Waals surface area contributed by atoms with Crippen molar-refractivity contribution in [3.05, 3.63) is 25.5 Å². The molecule has 29 heavy (non-hydrogen) atoms. The van der Waals surface area contributed by atoms with Crippen LogP contribution >= 0.6 is 43.6 Å². The molecule has 0 unspecified atom stereocenters. The number of aromatic hydroxyl groups is 1. The predicted molar refractivity (Wildman–Crippen MR) is 115 cm³/mol. The van der Waals surface area contributed by atoms with E-state index in [9.17, 15) is 19.5 Å². The van der Waals surface area contributed by atoms with Gasteiger partial charge in [-0.25, -0.2) is 0 Å². The maximum atomic E-state index is 12.7. The molecule has 3 amide bonds. The first-order chi connectivity index (χ1) is 13.8. The Hall–Kier alpha value is -1.56. The summed E-state index contributed by atoms with van der Waals surface area (Å²) in [6.45, 7) is 3.61. The van der Waals surface area contributed by atoms with Gasteiger partial charge in [0.1, 0.15) is 6.54 Å². The summed E-state index contributed by atoms with van der Waals surface area (Å²) in [5.74, 6) is -0.643. The number of hydrogen-bond acceptors (Lipinski definition) is 7. The van der Waals surface area contributed by atoms with Crippen LogP contribution in [0.3, 0.4) is 0 Å². The van der Waals surface area contributed by atoms with Crippen LogP contribution in [-0.2, 0) is 14.3 Å². The highest BCUT2D eigenvalue weighted by atomic mass is 79.9. The third-order valence-electron chi connectivity index (χ3n) is 4.29. The van der Waals surface area contributed by atoms with Crippen LogP contribution in [-0.4, -0.2) is 71.4 Å². The lowest BCUT2D eigenvalue weighted by Gasteiger charge is -2.28. The van der Waals surface area contributed by atoms with Crippen molar-refractivity contribution in [1.82, 2.24) is 9.80 Å². The van der Waals surface area contributed by atoms with E-state index in [1.807, 2.05) is 0 Å². The van der Waals surface area contributed by atoms with Gasteiger partial charge in [0.15, 0.2) is 11.5 Å². The van der Waals surface area contributed by atoms with Crippen LogP contribution in [0.2, 0.25) is 0 Å². The van der Waals surface area contributed by atoms with E-state index in [2.05, 4.69) is 31.9 Å². The van der Waals surface area contributed by atoms with E-state index in [0.29, 0.717) is 47.4 Å². The average molecular weight is 550 g/mol. The average Bonchev–Trinajstić information content (AvgIpc) is 2.98. The normalized spacial score (nSPS) is 18.7. The third kappa shape index (κ3) is 4.79. The summed E-state index contributed by atoms with van der Waals surface area (Å²) in [7, 11) is 0. The second-order valence-electron chi connectivity index (χ2n) is 6.13. The molecule has 0 saturated carbocycles. The van der Waals surface area contributed by atoms with Gasteiger partial charge in [0.25, 0.3) is 11.1 Å². The first-order valence-corrected chi connectivity index (χ1v) is 11.2. The summed E-state index contributed by atoms with van der Waals surface area (Å²) in [5, 5.41) is 9.65. The fraction of sp³-hybridized carbons (Fsp3) is 0.389. The highest BCUT2D eigenvalue weighted by Gasteiger charge is 2.37. The fourth-order valence-electron chi connectivity index (χ4n) is 2.81. The number of nitrogens with zero attached hydrogens (tertiary/aromatic N) is 2. The molecule has 0 spiro atoms. The molecule has 0 atom stereocenters. The molecule has 0 aliphatic carbocycles. The van der Waals surface area contributed by atoms with E-state index in [-0.39, 0.29) is 28.9 Å². The molecule has 156 valence electrons. The Morgan fingerprint density at radius 3 is 2.66 bits per heavy atom. The van der Waals surface area contributed by atoms with Crippen LogP contribution in [0.25, 0.3) is 6.08 Å². The van der Waals surface area contributed by atoms with Crippen molar-refractivity contribution in [2.75, 3.05) is 39.5 Å². The third-order valence-corrected chi connectivity index (χ3v) is 7.36. The van der Waals surface area contributed by atoms with Crippen molar-refractivity contribution in [3.8, 4) is 11.5 Å². The molecule has 1 aromatic carbocycles. The number of ether oxygens (including phenoxy) is 2. The minimum Gasteiger partial charge on any atom is -0.503 e. The Bertz CT molecular complexity index is 886. The molecule has 0 radical (unpaired) electrons. The maximum Gasteiger partial charge on any atom is 0.294 e. The van der Waals surface area contributed by atoms with E-state index in [1.165, 1.54) is 6.08 Å². The molecule has 2 heterocycles. The highest BCUT2D eigenvalue weighted by Crippen LogP contribution is 2.43. The molecule has 0 aromatic heterocycles. The zero-order valence-corrected chi connectivity index (χ0v) is 19.4. The smallest absolute Gasteiger partial charge is 0.294 e. The van der Waals surface area contributed by atoms with Gasteiger partial charge in [-0.05, 0) is 68.3 Å². The lowest BCUT2D eigenvalue weighted by Crippen LogP contribution is -2.46. The number of imide groups is 1. The van der Waals surface area contributed by atoms with Gasteiger partial charge in [0.2, 0.25) is 5.91 Å². The summed E-state index contributed by atoms with van der Waals surface area (Å²) in [6, 6.07) is 1.57. The summed E-state index contributed by atoms with van der Waals surface area (Å²) < 4.78 is 11.5. The SMILES string of the molecule is CCOc1cc(/C=C2\SC(=O)N(CC(=O)N3CCOCC3)C2=O)c(Br)c(Br)c1O. The minimum absolute atomic E-state index is 0.0694. The van der Waals surface area contributed by atoms with Crippen LogP contribution in [0, 0.1) is 0 Å². The Kier molecular flexibility index (Phi) is 7.25. The van der Waals surface area contributed by atoms with Gasteiger partial charge in [-0.2, -0.15) is 0 Å². The highest BCUT2D eigenvalue weighted by molar-refractivity contribution is 9.13. The molecule has 2 aliphatic heterocycles. The standard InChI is InChI=1S/C18H18Br2N2O6S/c1-2-28-11-7-10(14(19)15(20)16(11)24)8-12-17(25)22(18(26)29-12)9-13(23)21-3-5-27-6-4-21/h7-8,24H,2-6,9H2,1H3/b12-8-. The van der Waals surface area contributed by atoms with Gasteiger partial charge in [-0.3, -0.25) is 19.3 Å². The Labute approximate surface area is 188 Å². The van der Waals surface area contributed by atoms with E-state index < -0.39 is 11.1 Å². The first kappa shape index (κ1) is 22.1. The minimum atomic E-state index is -0.532. The topological polar surface area (TPSA) is 96.4 Å². The van der Waals surface area contributed by atoms with Crippen molar-refractivity contribution in [2.24, 2.45) is 0 Å². The number of phenols is 1. The maximum absolute atomic E-state index is 12.7. The molecule has 8 nitrogen and oxygen atoms in total. The lowest BCUT2D eigenvalue weighted by molar-refractivity contribution is -0.139. The lowest BCUT2D eigenvalue weighted by atomic mass is 10.2. The van der Waals surface area contributed by atoms with Crippen molar-refractivity contribution in [3.63, 3.8) is 0 Å². The van der Waals surface area contributed by atoms with E-state index >= 15 is 0 Å². The number of hydrogen-bond donors (Lipinski definition) is 1. The number of carbonyl (C=O) groups is 3. The van der Waals surface area contributed by atoms with Crippen LogP contribution in [0.15, 0.2) is 19.9 Å². The van der Waals surface area contributed by atoms with Gasteiger partial charge >= 0.3 is 0 Å². The largest absolute Gasteiger partial charge is 0.503 e. The Morgan fingerprint density at radius 1 is 1.31 bits per heavy atom. The number of amides is 3. The monoisotopic (exact) mass is 548 g/mol. The number of morpholine rings is 1. The second kappa shape index (κ2) is 9.50. The van der Waals surface area contributed by atoms with Crippen LogP contribution < -0.4 is 4.74 Å². The van der Waals surface area contributed by atoms with E-state index in [4.69, 9.17) is 9.47 Å². The Morgan fingerprint density at radius 2 is 2.00 bits per heavy atom. The number of phenolic OH excluding ortho intramolecular Hbond substituents is 1. The first-order valence-electron chi connectivity index (χ1n) is 8.78. The predicted octanol–water partition coefficient (Wildman–Crippen LogP) is 3.21. The summed E-state index contributed by atoms with van der Waals surface area (Å²) in [4.78, 5) is 40.2. The van der Waals surface area contributed by atoms with Crippen LogP contribution in [0.1, 0.15) is 12.5 Å². The molecular formula is C18H18Br2N2O6S. The number of thioether (sulfide) groups is 1. The summed E-state index contributed by atoms with van der Waals surface area (Å²) in [5.41, 5.74) is 0.545. The Balaban J connectivity index is 1.82. The molecule has 2 saturated heterocycles. The molecule has 11 heteroatoms. The number of carbonyl (C=O) groups excluding carboxylic acids is 3. The zero-order chi connectivity index (χ0) is 21.1. The second-order valence-corrected chi connectivity index (χ2v) is 8.71. The quantitative estimate of drug-likeness (QED) is 0.563. The van der Waals surface area contributed by atoms with Crippen molar-refractivity contribution in [2.45, 2.75) is 6.92 Å². The summed E-state index contributed by atoms with van der Waals surface area (Å²) >= 11 is 7.41. The summed E-state index contributed by atoms with van der Waals surface area (Å²) in [6.07, 6.45) is 1.53. The fourth-order valence-corrected chi connectivity index (χ4v) is 4.48. The van der Waals surface area contributed by atoms with Crippen LogP contribution in [0.5, 0.6) is 11.5 Å². The van der Waals surface area contributed by atoms with Gasteiger partial charge in [-0.15, -0.1) is 0 Å². The molecular weight excluding hydrogens is 532 g/mol. The molecule has 0 bridgehead atoms. The molecule has 1 N–H and O–H groups in total. The number of benzene rings is 1. The van der Waals surface area contributed by atoms with Gasteiger partial charge in [0, 0.05) is 17.6 Å².